The number of hydrogen-bond donors (Lipinski definition) is 1. The van der Waals surface area contributed by atoms with Crippen LogP contribution >= 0.6 is 0 Å². The fourth-order valence-electron chi connectivity index (χ4n) is 3.55. The molecule has 0 saturated carbocycles. The van der Waals surface area contributed by atoms with Gasteiger partial charge < -0.3 is 14.6 Å². The lowest BCUT2D eigenvalue weighted by Crippen LogP contribution is -2.21. The quantitative estimate of drug-likeness (QED) is 0.357. The number of carbonyl (C=O) groups excluding carboxylic acids is 1. The molecule has 0 saturated heterocycles. The Hall–Kier alpha value is -3.81. The third-order valence-corrected chi connectivity index (χ3v) is 5.36. The molecular formula is C25H22F3N3O2. The monoisotopic (exact) mass is 453 g/mol. The van der Waals surface area contributed by atoms with E-state index in [1.165, 1.54) is 0 Å². The number of fused-ring (bicyclic) bond motifs is 1. The van der Waals surface area contributed by atoms with Gasteiger partial charge in [0.05, 0.1) is 5.56 Å². The van der Waals surface area contributed by atoms with Gasteiger partial charge in [-0.3, -0.25) is 4.79 Å². The highest BCUT2D eigenvalue weighted by molar-refractivity contribution is 6.05. The largest absolute Gasteiger partial charge is 0.436 e. The Morgan fingerprint density at radius 2 is 1.64 bits per heavy atom. The third-order valence-electron chi connectivity index (χ3n) is 5.36. The molecule has 1 amide bonds. The Labute approximate surface area is 188 Å². The van der Waals surface area contributed by atoms with Gasteiger partial charge in [-0.1, -0.05) is 0 Å². The van der Waals surface area contributed by atoms with Gasteiger partial charge in [0.25, 0.3) is 5.91 Å². The van der Waals surface area contributed by atoms with Crippen molar-refractivity contribution in [2.24, 2.45) is 0 Å². The second kappa shape index (κ2) is 8.97. The zero-order valence-electron chi connectivity index (χ0n) is 18.1. The van der Waals surface area contributed by atoms with Gasteiger partial charge in [-0.15, -0.1) is 0 Å². The van der Waals surface area contributed by atoms with Crippen molar-refractivity contribution < 1.29 is 22.4 Å². The molecule has 3 aromatic carbocycles. The summed E-state index contributed by atoms with van der Waals surface area (Å²) >= 11 is 0. The van der Waals surface area contributed by atoms with Gasteiger partial charge in [0.1, 0.15) is 5.52 Å². The Morgan fingerprint density at radius 1 is 0.970 bits per heavy atom. The summed E-state index contributed by atoms with van der Waals surface area (Å²) < 4.78 is 44.0. The van der Waals surface area contributed by atoms with Crippen LogP contribution in [0.4, 0.5) is 24.5 Å². The zero-order chi connectivity index (χ0) is 23.6. The first-order valence-electron chi connectivity index (χ1n) is 10.5. The molecule has 4 aromatic rings. The standard InChI is InChI=1S/C25H22F3N3O2/c1-3-31(4-2)20-12-7-17(8-13-20)24-30-21-15-19(11-14-22(21)33-24)29-23(32)16-5-9-18(10-6-16)25(26,27)28/h5-15H,3-4H2,1-2H3,(H,29,32). The van der Waals surface area contributed by atoms with Crippen LogP contribution in [0.15, 0.2) is 71.1 Å². The van der Waals surface area contributed by atoms with E-state index >= 15 is 0 Å². The molecule has 0 aliphatic rings. The highest BCUT2D eigenvalue weighted by Crippen LogP contribution is 2.30. The minimum Gasteiger partial charge on any atom is -0.436 e. The number of aromatic nitrogens is 1. The Morgan fingerprint density at radius 3 is 2.24 bits per heavy atom. The molecule has 170 valence electrons. The minimum absolute atomic E-state index is 0.122. The molecule has 8 heteroatoms. The van der Waals surface area contributed by atoms with Gasteiger partial charge in [0.15, 0.2) is 5.58 Å². The lowest BCUT2D eigenvalue weighted by molar-refractivity contribution is -0.137. The summed E-state index contributed by atoms with van der Waals surface area (Å²) in [5.41, 5.74) is 2.85. The normalized spacial score (nSPS) is 11.5. The minimum atomic E-state index is -4.45. The van der Waals surface area contributed by atoms with Crippen LogP contribution < -0.4 is 10.2 Å². The fraction of sp³-hybridized carbons (Fsp3) is 0.200. The van der Waals surface area contributed by atoms with Crippen LogP contribution in [0.3, 0.4) is 0 Å². The highest BCUT2D eigenvalue weighted by Gasteiger charge is 2.30. The first-order valence-corrected chi connectivity index (χ1v) is 10.5. The van der Waals surface area contributed by atoms with Crippen LogP contribution in [-0.2, 0) is 6.18 Å². The molecule has 0 aliphatic heterocycles. The van der Waals surface area contributed by atoms with Crippen LogP contribution in [0.5, 0.6) is 0 Å². The predicted molar refractivity (Wildman–Crippen MR) is 122 cm³/mol. The van der Waals surface area contributed by atoms with Gasteiger partial charge in [-0.2, -0.15) is 13.2 Å². The first kappa shape index (κ1) is 22.4. The van der Waals surface area contributed by atoms with Crippen molar-refractivity contribution in [2.75, 3.05) is 23.3 Å². The van der Waals surface area contributed by atoms with Crippen molar-refractivity contribution in [1.29, 1.82) is 0 Å². The van der Waals surface area contributed by atoms with E-state index in [2.05, 4.69) is 29.0 Å². The topological polar surface area (TPSA) is 58.4 Å². The molecule has 0 atom stereocenters. The third kappa shape index (κ3) is 4.84. The van der Waals surface area contributed by atoms with Crippen molar-refractivity contribution in [3.8, 4) is 11.5 Å². The van der Waals surface area contributed by atoms with Crippen molar-refractivity contribution in [3.63, 3.8) is 0 Å². The van der Waals surface area contributed by atoms with Crippen LogP contribution in [0.25, 0.3) is 22.6 Å². The summed E-state index contributed by atoms with van der Waals surface area (Å²) in [5, 5.41) is 2.68. The molecule has 1 heterocycles. The van der Waals surface area contributed by atoms with Crippen LogP contribution in [0.1, 0.15) is 29.8 Å². The highest BCUT2D eigenvalue weighted by atomic mass is 19.4. The molecule has 4 rings (SSSR count). The average molecular weight is 453 g/mol. The molecule has 5 nitrogen and oxygen atoms in total. The van der Waals surface area contributed by atoms with E-state index in [0.717, 1.165) is 48.6 Å². The average Bonchev–Trinajstić information content (AvgIpc) is 3.23. The van der Waals surface area contributed by atoms with Gasteiger partial charge in [-0.05, 0) is 80.6 Å². The molecule has 1 aromatic heterocycles. The van der Waals surface area contributed by atoms with E-state index in [4.69, 9.17) is 4.42 Å². The van der Waals surface area contributed by atoms with Crippen molar-refractivity contribution in [1.82, 2.24) is 4.98 Å². The number of hydrogen-bond acceptors (Lipinski definition) is 4. The maximum absolute atomic E-state index is 12.7. The molecule has 0 fully saturated rings. The van der Waals surface area contributed by atoms with E-state index < -0.39 is 17.6 Å². The Bertz CT molecular complexity index is 1260. The van der Waals surface area contributed by atoms with E-state index in [1.807, 2.05) is 24.3 Å². The van der Waals surface area contributed by atoms with Crippen molar-refractivity contribution in [3.05, 3.63) is 77.9 Å². The Balaban J connectivity index is 1.51. The predicted octanol–water partition coefficient (Wildman–Crippen LogP) is 6.61. The van der Waals surface area contributed by atoms with Gasteiger partial charge >= 0.3 is 6.18 Å². The molecular weight excluding hydrogens is 431 g/mol. The van der Waals surface area contributed by atoms with E-state index in [1.54, 1.807) is 18.2 Å². The molecule has 1 N–H and O–H groups in total. The number of benzene rings is 3. The van der Waals surface area contributed by atoms with Crippen LogP contribution in [-0.4, -0.2) is 24.0 Å². The molecule has 0 bridgehead atoms. The summed E-state index contributed by atoms with van der Waals surface area (Å²) in [6.07, 6.45) is -4.45. The number of anilines is 2. The van der Waals surface area contributed by atoms with E-state index in [-0.39, 0.29) is 5.56 Å². The van der Waals surface area contributed by atoms with Gasteiger partial charge in [0, 0.05) is 35.6 Å². The van der Waals surface area contributed by atoms with E-state index in [9.17, 15) is 18.0 Å². The fourth-order valence-corrected chi connectivity index (χ4v) is 3.55. The number of rotatable bonds is 6. The molecule has 0 radical (unpaired) electrons. The van der Waals surface area contributed by atoms with E-state index in [0.29, 0.717) is 22.7 Å². The molecule has 0 aliphatic carbocycles. The molecule has 0 unspecified atom stereocenters. The lowest BCUT2D eigenvalue weighted by atomic mass is 10.1. The summed E-state index contributed by atoms with van der Waals surface area (Å²) in [7, 11) is 0. The second-order valence-electron chi connectivity index (χ2n) is 7.45. The number of halogens is 3. The second-order valence-corrected chi connectivity index (χ2v) is 7.45. The summed E-state index contributed by atoms with van der Waals surface area (Å²) in [6, 6.07) is 17.0. The number of nitrogens with zero attached hydrogens (tertiary/aromatic N) is 2. The maximum Gasteiger partial charge on any atom is 0.416 e. The number of oxazole rings is 1. The Kier molecular flexibility index (Phi) is 6.09. The van der Waals surface area contributed by atoms with Gasteiger partial charge in [0.2, 0.25) is 5.89 Å². The number of carbonyl (C=O) groups is 1. The van der Waals surface area contributed by atoms with Crippen molar-refractivity contribution in [2.45, 2.75) is 20.0 Å². The maximum atomic E-state index is 12.7. The SMILES string of the molecule is CCN(CC)c1ccc(-c2nc3cc(NC(=O)c4ccc(C(F)(F)F)cc4)ccc3o2)cc1. The van der Waals surface area contributed by atoms with Crippen molar-refractivity contribution >= 4 is 28.4 Å². The summed E-state index contributed by atoms with van der Waals surface area (Å²) in [4.78, 5) is 19.2. The van der Waals surface area contributed by atoms with Crippen LogP contribution in [0.2, 0.25) is 0 Å². The van der Waals surface area contributed by atoms with Crippen LogP contribution in [0, 0.1) is 0 Å². The molecule has 33 heavy (non-hydrogen) atoms. The first-order chi connectivity index (χ1) is 15.8. The smallest absolute Gasteiger partial charge is 0.416 e. The summed E-state index contributed by atoms with van der Waals surface area (Å²) in [6.45, 7) is 6.04. The van der Waals surface area contributed by atoms with Gasteiger partial charge in [-0.25, -0.2) is 4.98 Å². The lowest BCUT2D eigenvalue weighted by Gasteiger charge is -2.20. The number of amides is 1. The summed E-state index contributed by atoms with van der Waals surface area (Å²) in [5.74, 6) is -0.0545. The molecule has 0 spiro atoms. The zero-order valence-corrected chi connectivity index (χ0v) is 18.1. The number of nitrogens with one attached hydrogen (secondary N) is 1. The number of alkyl halides is 3.